The summed E-state index contributed by atoms with van der Waals surface area (Å²) in [5.41, 5.74) is 11.5. The van der Waals surface area contributed by atoms with Crippen molar-refractivity contribution in [1.82, 2.24) is 0 Å². The molecule has 0 aromatic heterocycles. The molecule has 0 bridgehead atoms. The average Bonchev–Trinajstić information content (AvgIpc) is 2.35. The van der Waals surface area contributed by atoms with Crippen LogP contribution in [0.15, 0.2) is 28.4 Å². The lowest BCUT2D eigenvalue weighted by molar-refractivity contribution is -0.384. The Morgan fingerprint density at radius 3 is 2.89 bits per heavy atom. The van der Waals surface area contributed by atoms with E-state index in [1.807, 2.05) is 0 Å². The Kier molecular flexibility index (Phi) is 3.09. The van der Waals surface area contributed by atoms with E-state index in [0.717, 1.165) is 0 Å². The van der Waals surface area contributed by atoms with E-state index >= 15 is 0 Å². The third kappa shape index (κ3) is 2.37. The maximum absolute atomic E-state index is 10.7. The van der Waals surface area contributed by atoms with Gasteiger partial charge in [-0.15, -0.1) is 5.10 Å². The highest BCUT2D eigenvalue weighted by molar-refractivity contribution is 6.04. The van der Waals surface area contributed by atoms with Gasteiger partial charge < -0.3 is 16.2 Å². The van der Waals surface area contributed by atoms with Crippen LogP contribution in [-0.2, 0) is 0 Å². The number of benzene rings is 1. The molecule has 18 heavy (non-hydrogen) atoms. The standard InChI is InChI=1S/C10H11N5O3/c11-10(12)14-13-8-3-4-18-9-2-1-6(15(16)17)5-7(8)9/h1-2,5H,3-4H2,(H4,11,12,14). The number of nitrogens with two attached hydrogens (primary N) is 2. The fourth-order valence-corrected chi connectivity index (χ4v) is 1.60. The number of ether oxygens (including phenoxy) is 1. The van der Waals surface area contributed by atoms with Crippen molar-refractivity contribution in [3.05, 3.63) is 33.9 Å². The van der Waals surface area contributed by atoms with Gasteiger partial charge in [-0.05, 0) is 6.07 Å². The Morgan fingerprint density at radius 2 is 2.22 bits per heavy atom. The zero-order chi connectivity index (χ0) is 13.1. The first kappa shape index (κ1) is 11.8. The second-order valence-electron chi connectivity index (χ2n) is 3.61. The summed E-state index contributed by atoms with van der Waals surface area (Å²) in [6, 6.07) is 4.32. The van der Waals surface area contributed by atoms with Gasteiger partial charge in [-0.3, -0.25) is 10.1 Å². The van der Waals surface area contributed by atoms with E-state index in [1.54, 1.807) is 0 Å². The number of rotatable bonds is 2. The summed E-state index contributed by atoms with van der Waals surface area (Å²) in [5.74, 6) is 0.373. The summed E-state index contributed by atoms with van der Waals surface area (Å²) >= 11 is 0. The van der Waals surface area contributed by atoms with Crippen LogP contribution in [0.25, 0.3) is 0 Å². The van der Waals surface area contributed by atoms with Crippen molar-refractivity contribution in [2.45, 2.75) is 6.42 Å². The average molecular weight is 249 g/mol. The molecule has 0 saturated carbocycles. The van der Waals surface area contributed by atoms with E-state index in [4.69, 9.17) is 16.2 Å². The molecule has 94 valence electrons. The molecule has 0 aliphatic carbocycles. The molecule has 2 rings (SSSR count). The van der Waals surface area contributed by atoms with Crippen molar-refractivity contribution in [2.75, 3.05) is 6.61 Å². The summed E-state index contributed by atoms with van der Waals surface area (Å²) in [5, 5.41) is 18.1. The van der Waals surface area contributed by atoms with Gasteiger partial charge in [0.25, 0.3) is 5.69 Å². The van der Waals surface area contributed by atoms with Gasteiger partial charge in [0.15, 0.2) is 0 Å². The Bertz CT molecular complexity index is 548. The number of nitro benzene ring substituents is 1. The SMILES string of the molecule is NC(N)=NN=C1CCOc2ccc([N+](=O)[O-])cc21. The number of hydrogen-bond acceptors (Lipinski definition) is 5. The van der Waals surface area contributed by atoms with Crippen LogP contribution in [0.4, 0.5) is 5.69 Å². The van der Waals surface area contributed by atoms with Gasteiger partial charge >= 0.3 is 0 Å². The highest BCUT2D eigenvalue weighted by Crippen LogP contribution is 2.28. The van der Waals surface area contributed by atoms with Crippen molar-refractivity contribution >= 4 is 17.4 Å². The molecule has 0 fully saturated rings. The molecule has 8 heteroatoms. The predicted molar refractivity (Wildman–Crippen MR) is 65.6 cm³/mol. The topological polar surface area (TPSA) is 129 Å². The minimum Gasteiger partial charge on any atom is -0.492 e. The highest BCUT2D eigenvalue weighted by Gasteiger charge is 2.20. The first-order valence-electron chi connectivity index (χ1n) is 5.15. The van der Waals surface area contributed by atoms with Crippen LogP contribution in [0.3, 0.4) is 0 Å². The molecule has 1 aromatic carbocycles. The molecule has 0 saturated heterocycles. The van der Waals surface area contributed by atoms with Crippen molar-refractivity contribution in [3.8, 4) is 5.75 Å². The van der Waals surface area contributed by atoms with Gasteiger partial charge in [0, 0.05) is 24.1 Å². The molecule has 1 aliphatic rings. The van der Waals surface area contributed by atoms with Crippen LogP contribution >= 0.6 is 0 Å². The van der Waals surface area contributed by atoms with Gasteiger partial charge in [0.05, 0.1) is 17.2 Å². The van der Waals surface area contributed by atoms with E-state index in [-0.39, 0.29) is 11.6 Å². The van der Waals surface area contributed by atoms with Crippen LogP contribution in [0.1, 0.15) is 12.0 Å². The van der Waals surface area contributed by atoms with Crippen molar-refractivity contribution in [3.63, 3.8) is 0 Å². The van der Waals surface area contributed by atoms with Crippen LogP contribution in [-0.4, -0.2) is 23.2 Å². The largest absolute Gasteiger partial charge is 0.492 e. The number of guanidine groups is 1. The number of nitrogens with zero attached hydrogens (tertiary/aromatic N) is 3. The van der Waals surface area contributed by atoms with Gasteiger partial charge in [-0.2, -0.15) is 5.10 Å². The van der Waals surface area contributed by atoms with Crippen molar-refractivity contribution in [2.24, 2.45) is 21.7 Å². The van der Waals surface area contributed by atoms with E-state index < -0.39 is 4.92 Å². The minimum atomic E-state index is -0.479. The second kappa shape index (κ2) is 4.70. The van der Waals surface area contributed by atoms with Crippen LogP contribution in [0.2, 0.25) is 0 Å². The summed E-state index contributed by atoms with van der Waals surface area (Å²) in [6.45, 7) is 0.434. The lowest BCUT2D eigenvalue weighted by atomic mass is 10.0. The maximum atomic E-state index is 10.7. The summed E-state index contributed by atoms with van der Waals surface area (Å²) < 4.78 is 5.38. The summed E-state index contributed by atoms with van der Waals surface area (Å²) in [7, 11) is 0. The summed E-state index contributed by atoms with van der Waals surface area (Å²) in [4.78, 5) is 10.2. The molecule has 0 spiro atoms. The lowest BCUT2D eigenvalue weighted by Crippen LogP contribution is -2.22. The van der Waals surface area contributed by atoms with E-state index in [2.05, 4.69) is 10.2 Å². The van der Waals surface area contributed by atoms with Gasteiger partial charge in [-0.1, -0.05) is 0 Å². The normalized spacial score (nSPS) is 15.7. The lowest BCUT2D eigenvalue weighted by Gasteiger charge is -2.17. The van der Waals surface area contributed by atoms with E-state index in [1.165, 1.54) is 18.2 Å². The van der Waals surface area contributed by atoms with Crippen molar-refractivity contribution in [1.29, 1.82) is 0 Å². The number of nitro groups is 1. The quantitative estimate of drug-likeness (QED) is 0.338. The molecule has 1 aromatic rings. The fourth-order valence-electron chi connectivity index (χ4n) is 1.60. The minimum absolute atomic E-state index is 0.0309. The van der Waals surface area contributed by atoms with Gasteiger partial charge in [-0.25, -0.2) is 0 Å². The van der Waals surface area contributed by atoms with Crippen LogP contribution in [0.5, 0.6) is 5.75 Å². The Balaban J connectivity index is 2.47. The zero-order valence-electron chi connectivity index (χ0n) is 9.37. The highest BCUT2D eigenvalue weighted by atomic mass is 16.6. The summed E-state index contributed by atoms with van der Waals surface area (Å²) in [6.07, 6.45) is 0.491. The monoisotopic (exact) mass is 249 g/mol. The zero-order valence-corrected chi connectivity index (χ0v) is 9.37. The third-order valence-electron chi connectivity index (χ3n) is 2.37. The molecule has 0 unspecified atom stereocenters. The van der Waals surface area contributed by atoms with E-state index in [9.17, 15) is 10.1 Å². The fraction of sp³-hybridized carbons (Fsp3) is 0.200. The Labute approximate surface area is 102 Å². The Hall–Kier alpha value is -2.64. The maximum Gasteiger partial charge on any atom is 0.270 e. The molecule has 1 aliphatic heterocycles. The molecular formula is C10H11N5O3. The first-order chi connectivity index (χ1) is 8.58. The number of fused-ring (bicyclic) bond motifs is 1. The van der Waals surface area contributed by atoms with E-state index in [0.29, 0.717) is 30.1 Å². The van der Waals surface area contributed by atoms with Crippen LogP contribution < -0.4 is 16.2 Å². The second-order valence-corrected chi connectivity index (χ2v) is 3.61. The molecule has 1 heterocycles. The smallest absolute Gasteiger partial charge is 0.270 e. The molecule has 8 nitrogen and oxygen atoms in total. The molecule has 0 amide bonds. The molecular weight excluding hydrogens is 238 g/mol. The predicted octanol–water partition coefficient (Wildman–Crippen LogP) is 0.355. The molecule has 4 N–H and O–H groups in total. The molecule has 0 radical (unpaired) electrons. The first-order valence-corrected chi connectivity index (χ1v) is 5.15. The van der Waals surface area contributed by atoms with Crippen molar-refractivity contribution < 1.29 is 9.66 Å². The van der Waals surface area contributed by atoms with Gasteiger partial charge in [0.1, 0.15) is 5.75 Å². The molecule has 0 atom stereocenters. The number of non-ortho nitro benzene ring substituents is 1. The van der Waals surface area contributed by atoms with Gasteiger partial charge in [0.2, 0.25) is 5.96 Å². The Morgan fingerprint density at radius 1 is 1.44 bits per heavy atom. The number of hydrogen-bond donors (Lipinski definition) is 2. The third-order valence-corrected chi connectivity index (χ3v) is 2.37. The van der Waals surface area contributed by atoms with Crippen LogP contribution in [0, 0.1) is 10.1 Å².